The molecule has 3 aliphatic rings. The maximum atomic E-state index is 12.9. The second kappa shape index (κ2) is 9.20. The van der Waals surface area contributed by atoms with Crippen molar-refractivity contribution in [2.75, 3.05) is 31.1 Å². The molecular formula is C25H36N6O. The van der Waals surface area contributed by atoms with E-state index in [-0.39, 0.29) is 11.8 Å². The number of amides is 1. The number of piperidine rings is 1. The molecule has 7 nitrogen and oxygen atoms in total. The molecule has 2 fully saturated rings. The van der Waals surface area contributed by atoms with Crippen LogP contribution in [0.4, 0.5) is 5.82 Å². The van der Waals surface area contributed by atoms with Gasteiger partial charge in [-0.2, -0.15) is 0 Å². The van der Waals surface area contributed by atoms with Crippen LogP contribution in [0.5, 0.6) is 0 Å². The smallest absolute Gasteiger partial charge is 0.222 e. The van der Waals surface area contributed by atoms with E-state index in [2.05, 4.69) is 26.3 Å². The molecule has 2 aromatic heterocycles. The van der Waals surface area contributed by atoms with Crippen molar-refractivity contribution in [3.63, 3.8) is 0 Å². The van der Waals surface area contributed by atoms with E-state index in [0.717, 1.165) is 81.7 Å². The summed E-state index contributed by atoms with van der Waals surface area (Å²) in [5.41, 5.74) is 2.49. The van der Waals surface area contributed by atoms with Crippen molar-refractivity contribution in [2.45, 2.75) is 77.7 Å². The highest BCUT2D eigenvalue weighted by Crippen LogP contribution is 2.36. The van der Waals surface area contributed by atoms with Crippen molar-refractivity contribution < 1.29 is 4.79 Å². The number of carbonyl (C=O) groups excluding carboxylic acids is 1. The largest absolute Gasteiger partial charge is 0.356 e. The maximum Gasteiger partial charge on any atom is 0.222 e. The summed E-state index contributed by atoms with van der Waals surface area (Å²) in [4.78, 5) is 31.8. The fourth-order valence-corrected chi connectivity index (χ4v) is 5.29. The third-order valence-electron chi connectivity index (χ3n) is 7.39. The van der Waals surface area contributed by atoms with Gasteiger partial charge in [0.05, 0.1) is 0 Å². The molecule has 5 rings (SSSR count). The van der Waals surface area contributed by atoms with Crippen LogP contribution >= 0.6 is 0 Å². The van der Waals surface area contributed by atoms with Crippen molar-refractivity contribution in [3.8, 4) is 0 Å². The Labute approximate surface area is 191 Å². The minimum atomic E-state index is 0.247. The molecule has 0 aromatic carbocycles. The molecule has 1 atom stereocenters. The quantitative estimate of drug-likeness (QED) is 0.663. The number of imidazole rings is 1. The van der Waals surface area contributed by atoms with Crippen LogP contribution in [0.1, 0.15) is 73.8 Å². The van der Waals surface area contributed by atoms with E-state index in [1.54, 1.807) is 0 Å². The molecule has 4 heterocycles. The number of hydrogen-bond donors (Lipinski definition) is 0. The van der Waals surface area contributed by atoms with E-state index in [0.29, 0.717) is 6.42 Å². The average molecular weight is 437 g/mol. The summed E-state index contributed by atoms with van der Waals surface area (Å²) in [7, 11) is 0. The first-order valence-corrected chi connectivity index (χ1v) is 12.5. The van der Waals surface area contributed by atoms with E-state index < -0.39 is 0 Å². The number of fused-ring (bicyclic) bond motifs is 1. The lowest BCUT2D eigenvalue weighted by molar-refractivity contribution is -0.132. The summed E-state index contributed by atoms with van der Waals surface area (Å²) in [6.07, 6.45) is 12.4. The van der Waals surface area contributed by atoms with E-state index in [4.69, 9.17) is 9.97 Å². The van der Waals surface area contributed by atoms with Gasteiger partial charge in [0.2, 0.25) is 5.91 Å². The molecule has 0 bridgehead atoms. The van der Waals surface area contributed by atoms with E-state index >= 15 is 0 Å². The highest BCUT2D eigenvalue weighted by molar-refractivity contribution is 5.76. The van der Waals surface area contributed by atoms with Gasteiger partial charge in [-0.1, -0.05) is 0 Å². The van der Waals surface area contributed by atoms with Gasteiger partial charge in [-0.15, -0.1) is 0 Å². The van der Waals surface area contributed by atoms with Gasteiger partial charge in [0, 0.05) is 68.7 Å². The molecule has 0 N–H and O–H groups in total. The molecular weight excluding hydrogens is 400 g/mol. The molecule has 0 spiro atoms. The molecule has 1 amide bonds. The minimum absolute atomic E-state index is 0.247. The van der Waals surface area contributed by atoms with Crippen LogP contribution in [0.25, 0.3) is 0 Å². The minimum Gasteiger partial charge on any atom is -0.356 e. The van der Waals surface area contributed by atoms with Gasteiger partial charge in [-0.3, -0.25) is 4.79 Å². The highest BCUT2D eigenvalue weighted by atomic mass is 16.2. The van der Waals surface area contributed by atoms with Crippen molar-refractivity contribution >= 4 is 11.7 Å². The second-order valence-electron chi connectivity index (χ2n) is 9.91. The number of carbonyl (C=O) groups is 1. The lowest BCUT2D eigenvalue weighted by atomic mass is 9.95. The molecule has 2 aliphatic heterocycles. The third-order valence-corrected chi connectivity index (χ3v) is 7.39. The molecule has 1 saturated carbocycles. The zero-order valence-electron chi connectivity index (χ0n) is 19.6. The molecule has 1 unspecified atom stereocenters. The Morgan fingerprint density at radius 3 is 2.78 bits per heavy atom. The van der Waals surface area contributed by atoms with Gasteiger partial charge >= 0.3 is 0 Å². The van der Waals surface area contributed by atoms with Crippen LogP contribution in [0, 0.1) is 19.8 Å². The Morgan fingerprint density at radius 1 is 1.12 bits per heavy atom. The summed E-state index contributed by atoms with van der Waals surface area (Å²) in [5.74, 6) is 4.51. The first-order valence-electron chi connectivity index (χ1n) is 12.5. The predicted molar refractivity (Wildman–Crippen MR) is 125 cm³/mol. The Morgan fingerprint density at radius 2 is 2.00 bits per heavy atom. The van der Waals surface area contributed by atoms with Crippen molar-refractivity contribution in [3.05, 3.63) is 35.3 Å². The third kappa shape index (κ3) is 4.66. The van der Waals surface area contributed by atoms with Crippen LogP contribution in [0.2, 0.25) is 0 Å². The maximum absolute atomic E-state index is 12.9. The van der Waals surface area contributed by atoms with Crippen LogP contribution in [-0.4, -0.2) is 56.5 Å². The van der Waals surface area contributed by atoms with Gasteiger partial charge in [0.25, 0.3) is 0 Å². The van der Waals surface area contributed by atoms with Gasteiger partial charge in [-0.25, -0.2) is 15.0 Å². The second-order valence-corrected chi connectivity index (χ2v) is 9.91. The van der Waals surface area contributed by atoms with Crippen LogP contribution in [-0.2, 0) is 17.8 Å². The number of likely N-dealkylation sites (tertiary alicyclic amines) is 1. The summed E-state index contributed by atoms with van der Waals surface area (Å²) >= 11 is 0. The number of anilines is 1. The zero-order chi connectivity index (χ0) is 22.1. The van der Waals surface area contributed by atoms with Crippen molar-refractivity contribution in [1.82, 2.24) is 24.4 Å². The molecule has 172 valence electrons. The number of rotatable bonds is 7. The SMILES string of the molecule is Cc1nc(C2CCCN(C(=O)CCCn3ccnc3C)C2)nc2c1CCCN2CC1CC1. The first kappa shape index (κ1) is 21.4. The standard InChI is InChI=1S/C25H36N6O/c1-18-22-7-4-14-31(16-20-9-10-20)25(22)28-24(27-18)21-6-3-13-30(17-21)23(32)8-5-12-29-15-11-26-19(29)2/h11,15,20-21H,3-10,12-14,16-17H2,1-2H3. The Balaban J connectivity index is 1.24. The van der Waals surface area contributed by atoms with Crippen LogP contribution in [0.3, 0.4) is 0 Å². The van der Waals surface area contributed by atoms with Crippen LogP contribution in [0.15, 0.2) is 12.4 Å². The lowest BCUT2D eigenvalue weighted by Crippen LogP contribution is -2.40. The monoisotopic (exact) mass is 436 g/mol. The molecule has 7 heteroatoms. The summed E-state index contributed by atoms with van der Waals surface area (Å²) in [5, 5.41) is 0. The summed E-state index contributed by atoms with van der Waals surface area (Å²) < 4.78 is 2.11. The van der Waals surface area contributed by atoms with Crippen LogP contribution < -0.4 is 4.90 Å². The fraction of sp³-hybridized carbons (Fsp3) is 0.680. The predicted octanol–water partition coefficient (Wildman–Crippen LogP) is 3.64. The van der Waals surface area contributed by atoms with Gasteiger partial charge in [0.1, 0.15) is 17.5 Å². The average Bonchev–Trinajstić information content (AvgIpc) is 3.53. The highest BCUT2D eigenvalue weighted by Gasteiger charge is 2.31. The van der Waals surface area contributed by atoms with Gasteiger partial charge in [0.15, 0.2) is 0 Å². The van der Waals surface area contributed by atoms with Crippen molar-refractivity contribution in [2.24, 2.45) is 5.92 Å². The summed E-state index contributed by atoms with van der Waals surface area (Å²) in [6, 6.07) is 0. The molecule has 1 aliphatic carbocycles. The fourth-order valence-electron chi connectivity index (χ4n) is 5.29. The topological polar surface area (TPSA) is 67.2 Å². The summed E-state index contributed by atoms with van der Waals surface area (Å²) in [6.45, 7) is 8.87. The number of nitrogens with zero attached hydrogens (tertiary/aromatic N) is 6. The Bertz CT molecular complexity index is 965. The zero-order valence-corrected chi connectivity index (χ0v) is 19.6. The molecule has 0 radical (unpaired) electrons. The molecule has 32 heavy (non-hydrogen) atoms. The molecule has 2 aromatic rings. The van der Waals surface area contributed by atoms with Gasteiger partial charge < -0.3 is 14.4 Å². The molecule has 1 saturated heterocycles. The van der Waals surface area contributed by atoms with E-state index in [1.807, 2.05) is 19.3 Å². The van der Waals surface area contributed by atoms with E-state index in [1.165, 1.54) is 30.6 Å². The number of aryl methyl sites for hydroxylation is 3. The van der Waals surface area contributed by atoms with Crippen molar-refractivity contribution in [1.29, 1.82) is 0 Å². The van der Waals surface area contributed by atoms with Gasteiger partial charge in [-0.05, 0) is 64.7 Å². The Hall–Kier alpha value is -2.44. The van der Waals surface area contributed by atoms with E-state index in [9.17, 15) is 4.79 Å². The lowest BCUT2D eigenvalue weighted by Gasteiger charge is -2.34. The number of hydrogen-bond acceptors (Lipinski definition) is 5. The Kier molecular flexibility index (Phi) is 6.15. The number of aromatic nitrogens is 4. The first-order chi connectivity index (χ1) is 15.6. The normalized spacial score (nSPS) is 21.0.